The first kappa shape index (κ1) is 19.1. The maximum absolute atomic E-state index is 12.7. The number of Topliss-reactive ketones (excluding diaryl/α,β-unsaturated/α-hetero) is 1. The van der Waals surface area contributed by atoms with Crippen LogP contribution in [0.15, 0.2) is 0 Å². The van der Waals surface area contributed by atoms with E-state index in [2.05, 4.69) is 0 Å². The zero-order chi connectivity index (χ0) is 19.2. The van der Waals surface area contributed by atoms with Gasteiger partial charge in [-0.15, -0.1) is 0 Å². The van der Waals surface area contributed by atoms with Gasteiger partial charge in [0.1, 0.15) is 35.1 Å². The zero-order valence-corrected chi connectivity index (χ0v) is 13.8. The summed E-state index contributed by atoms with van der Waals surface area (Å²) >= 11 is 0. The van der Waals surface area contributed by atoms with Gasteiger partial charge in [0.2, 0.25) is 0 Å². The minimum atomic E-state index is -2.49. The van der Waals surface area contributed by atoms with Crippen LogP contribution in [0, 0.1) is 11.3 Å². The summed E-state index contributed by atoms with van der Waals surface area (Å²) < 4.78 is 5.74. The van der Waals surface area contributed by atoms with Gasteiger partial charge < -0.3 is 45.6 Å². The third kappa shape index (κ3) is 1.68. The highest BCUT2D eigenvalue weighted by Crippen LogP contribution is 2.65. The fourth-order valence-electron chi connectivity index (χ4n) is 5.23. The zero-order valence-electron chi connectivity index (χ0n) is 13.8. The second-order valence-corrected chi connectivity index (χ2v) is 7.76. The van der Waals surface area contributed by atoms with Gasteiger partial charge in [-0.25, -0.2) is 0 Å². The van der Waals surface area contributed by atoms with E-state index in [9.17, 15) is 45.6 Å². The van der Waals surface area contributed by atoms with Crippen LogP contribution in [-0.2, 0) is 9.53 Å². The van der Waals surface area contributed by atoms with Crippen molar-refractivity contribution < 1.29 is 50.4 Å². The quantitative estimate of drug-likeness (QED) is 0.236. The molecule has 0 radical (unpaired) electrons. The van der Waals surface area contributed by atoms with Gasteiger partial charge in [-0.3, -0.25) is 4.79 Å². The summed E-state index contributed by atoms with van der Waals surface area (Å²) in [5.74, 6) is -2.49. The average molecular weight is 364 g/mol. The van der Waals surface area contributed by atoms with Crippen molar-refractivity contribution in [1.29, 1.82) is 0 Å². The van der Waals surface area contributed by atoms with Crippen LogP contribution in [0.25, 0.3) is 0 Å². The van der Waals surface area contributed by atoms with Crippen LogP contribution in [0.4, 0.5) is 0 Å². The molecule has 0 aromatic rings. The number of carbonyl (C=O) groups excluding carboxylic acids is 1. The molecule has 2 saturated carbocycles. The minimum Gasteiger partial charge on any atom is -0.395 e. The predicted octanol–water partition coefficient (Wildman–Crippen LogP) is -4.75. The minimum absolute atomic E-state index is 0.777. The van der Waals surface area contributed by atoms with E-state index >= 15 is 0 Å². The number of fused-ring (bicyclic) bond motifs is 1. The van der Waals surface area contributed by atoms with Gasteiger partial charge in [0.05, 0.1) is 36.8 Å². The van der Waals surface area contributed by atoms with Crippen molar-refractivity contribution in [2.24, 2.45) is 11.3 Å². The first-order chi connectivity index (χ1) is 11.4. The monoisotopic (exact) mass is 364 g/mol. The van der Waals surface area contributed by atoms with Crippen molar-refractivity contribution in [2.45, 2.75) is 61.2 Å². The first-order valence-electron chi connectivity index (χ1n) is 7.99. The Hall–Kier alpha value is -0.690. The second kappa shape index (κ2) is 5.18. The van der Waals surface area contributed by atoms with Crippen LogP contribution in [0.5, 0.6) is 0 Å². The molecular weight excluding hydrogens is 340 g/mol. The van der Waals surface area contributed by atoms with Crippen molar-refractivity contribution in [2.75, 3.05) is 13.2 Å². The highest BCUT2D eigenvalue weighted by molar-refractivity contribution is 5.90. The third-order valence-corrected chi connectivity index (χ3v) is 6.62. The van der Waals surface area contributed by atoms with Gasteiger partial charge in [0.25, 0.3) is 0 Å². The van der Waals surface area contributed by atoms with Gasteiger partial charge in [0.15, 0.2) is 5.78 Å². The Morgan fingerprint density at radius 3 is 2.00 bits per heavy atom. The van der Waals surface area contributed by atoms with E-state index in [0.29, 0.717) is 0 Å². The number of rotatable bonds is 2. The molecule has 3 aliphatic rings. The summed E-state index contributed by atoms with van der Waals surface area (Å²) in [6, 6.07) is 0. The maximum Gasteiger partial charge on any atom is 0.170 e. The lowest BCUT2D eigenvalue weighted by Crippen LogP contribution is -2.87. The summed E-state index contributed by atoms with van der Waals surface area (Å²) in [5.41, 5.74) is -9.09. The summed E-state index contributed by atoms with van der Waals surface area (Å²) in [5, 5.41) is 83.1. The van der Waals surface area contributed by atoms with E-state index in [0.717, 1.165) is 6.92 Å². The van der Waals surface area contributed by atoms with Crippen LogP contribution >= 0.6 is 0 Å². The molecule has 10 atom stereocenters. The van der Waals surface area contributed by atoms with Crippen molar-refractivity contribution in [1.82, 2.24) is 0 Å². The molecule has 25 heavy (non-hydrogen) atoms. The fourth-order valence-corrected chi connectivity index (χ4v) is 5.23. The van der Waals surface area contributed by atoms with Crippen LogP contribution in [-0.4, -0.2) is 107 Å². The van der Waals surface area contributed by atoms with E-state index in [1.165, 1.54) is 6.92 Å². The van der Waals surface area contributed by atoms with Crippen molar-refractivity contribution >= 4 is 5.78 Å². The molecule has 3 rings (SSSR count). The number of carbonyl (C=O) groups is 1. The number of aliphatic hydroxyl groups is 8. The smallest absolute Gasteiger partial charge is 0.170 e. The molecule has 1 unspecified atom stereocenters. The van der Waals surface area contributed by atoms with Gasteiger partial charge in [-0.05, 0) is 13.8 Å². The molecule has 1 aliphatic heterocycles. The van der Waals surface area contributed by atoms with Crippen LogP contribution in [0.3, 0.4) is 0 Å². The van der Waals surface area contributed by atoms with Gasteiger partial charge >= 0.3 is 0 Å². The Kier molecular flexibility index (Phi) is 3.96. The molecule has 10 nitrogen and oxygen atoms in total. The van der Waals surface area contributed by atoms with Crippen LogP contribution in [0.2, 0.25) is 0 Å². The molecule has 2 aliphatic carbocycles. The molecule has 0 amide bonds. The Bertz CT molecular complexity index is 595. The van der Waals surface area contributed by atoms with Crippen molar-refractivity contribution in [3.63, 3.8) is 0 Å². The topological polar surface area (TPSA) is 188 Å². The SMILES string of the molecule is C[C@]1(O)[C@@H](O)[C@H](O)[C@H](O)[C@@]2(CO)[C@H](O)C(=O)[C@@H]3C(O)[C@@]21O[C@@]3(C)CO. The third-order valence-electron chi connectivity index (χ3n) is 6.62. The van der Waals surface area contributed by atoms with Crippen molar-refractivity contribution in [3.8, 4) is 0 Å². The van der Waals surface area contributed by atoms with Gasteiger partial charge in [0, 0.05) is 0 Å². The molecule has 144 valence electrons. The molecule has 3 fully saturated rings. The number of ketones is 1. The summed E-state index contributed by atoms with van der Waals surface area (Å²) in [6.07, 6.45) is -10.2. The Morgan fingerprint density at radius 2 is 1.52 bits per heavy atom. The molecule has 1 heterocycles. The van der Waals surface area contributed by atoms with Gasteiger partial charge in [-0.2, -0.15) is 0 Å². The predicted molar refractivity (Wildman–Crippen MR) is 78.0 cm³/mol. The molecule has 0 aromatic carbocycles. The molecule has 1 saturated heterocycles. The van der Waals surface area contributed by atoms with E-state index in [4.69, 9.17) is 4.74 Å². The summed E-state index contributed by atoms with van der Waals surface area (Å²) in [6.45, 7) is 0.351. The van der Waals surface area contributed by atoms with E-state index in [-0.39, 0.29) is 0 Å². The van der Waals surface area contributed by atoms with Crippen LogP contribution < -0.4 is 0 Å². The highest BCUT2D eigenvalue weighted by atomic mass is 16.6. The normalized spacial score (nSPS) is 61.3. The van der Waals surface area contributed by atoms with E-state index < -0.39 is 77.7 Å². The number of hydrogen-bond acceptors (Lipinski definition) is 10. The molecular formula is C15H24O10. The Balaban J connectivity index is 2.38. The maximum atomic E-state index is 12.7. The Labute approximate surface area is 142 Å². The molecule has 0 aromatic heterocycles. The lowest BCUT2D eigenvalue weighted by molar-refractivity contribution is -0.375. The lowest BCUT2D eigenvalue weighted by Gasteiger charge is -2.65. The van der Waals surface area contributed by atoms with Gasteiger partial charge in [-0.1, -0.05) is 0 Å². The van der Waals surface area contributed by atoms with Crippen LogP contribution in [0.1, 0.15) is 13.8 Å². The second-order valence-electron chi connectivity index (χ2n) is 7.76. The molecule has 8 N–H and O–H groups in total. The summed E-state index contributed by atoms with van der Waals surface area (Å²) in [4.78, 5) is 12.7. The molecule has 1 spiro atoms. The fraction of sp³-hybridized carbons (Fsp3) is 0.933. The molecule has 2 bridgehead atoms. The standard InChI is InChI=1S/C15H24O10/c1-12(3-16)5-6(18)10(22)14(4-17)11(23)7(19)9(21)13(2,24)15(14,25-12)8(5)20/h5,7-11,16-17,19-24H,3-4H2,1-2H3/t5-,7+,8?,9+,10-,11+,12+,13+,14-,15+/m1/s1. The highest BCUT2D eigenvalue weighted by Gasteiger charge is 2.87. The van der Waals surface area contributed by atoms with Crippen molar-refractivity contribution in [3.05, 3.63) is 0 Å². The first-order valence-corrected chi connectivity index (χ1v) is 7.99. The summed E-state index contributed by atoms with van der Waals surface area (Å²) in [7, 11) is 0. The number of ether oxygens (including phenoxy) is 1. The number of aliphatic hydroxyl groups excluding tert-OH is 7. The lowest BCUT2D eigenvalue weighted by atomic mass is 9.45. The van der Waals surface area contributed by atoms with E-state index in [1.54, 1.807) is 0 Å². The van der Waals surface area contributed by atoms with E-state index in [1.807, 2.05) is 0 Å². The largest absolute Gasteiger partial charge is 0.395 e. The number of hydrogen-bond donors (Lipinski definition) is 8. The Morgan fingerprint density at radius 1 is 0.960 bits per heavy atom. The average Bonchev–Trinajstić information content (AvgIpc) is 2.78. The molecule has 10 heteroatoms.